The lowest BCUT2D eigenvalue weighted by atomic mass is 9.95. The van der Waals surface area contributed by atoms with Crippen molar-refractivity contribution >= 4 is 21.8 Å². The Morgan fingerprint density at radius 1 is 0.560 bits per heavy atom. The van der Waals surface area contributed by atoms with Crippen molar-refractivity contribution in [2.45, 2.75) is 0 Å². The number of nitrogens with one attached hydrogen (secondary N) is 1. The highest BCUT2D eigenvalue weighted by Crippen LogP contribution is 2.39. The maximum Gasteiger partial charge on any atom is 0.0551 e. The third-order valence-corrected chi connectivity index (χ3v) is 4.74. The van der Waals surface area contributed by atoms with Crippen molar-refractivity contribution in [2.24, 2.45) is 0 Å². The molecule has 1 heterocycles. The smallest absolute Gasteiger partial charge is 0.0551 e. The average Bonchev–Trinajstić information content (AvgIpc) is 3.08. The molecule has 0 aliphatic rings. The van der Waals surface area contributed by atoms with Crippen LogP contribution in [0, 0.1) is 6.07 Å². The molecule has 0 fully saturated rings. The van der Waals surface area contributed by atoms with Crippen LogP contribution in [0.3, 0.4) is 0 Å². The molecule has 0 amide bonds. The quantitative estimate of drug-likeness (QED) is 0.384. The van der Waals surface area contributed by atoms with Crippen LogP contribution in [0.2, 0.25) is 0 Å². The van der Waals surface area contributed by atoms with E-state index in [2.05, 4.69) is 96.0 Å². The second kappa shape index (κ2) is 5.64. The van der Waals surface area contributed by atoms with Gasteiger partial charge in [0.25, 0.3) is 0 Å². The minimum absolute atomic E-state index is 1.06. The Morgan fingerprint density at radius 3 is 1.88 bits per heavy atom. The molecule has 1 N–H and O–H groups in total. The zero-order valence-electron chi connectivity index (χ0n) is 13.7. The van der Waals surface area contributed by atoms with E-state index in [4.69, 9.17) is 0 Å². The summed E-state index contributed by atoms with van der Waals surface area (Å²) >= 11 is 0. The van der Waals surface area contributed by atoms with Crippen LogP contribution < -0.4 is 0 Å². The number of aromatic nitrogens is 1. The molecule has 1 heteroatoms. The van der Waals surface area contributed by atoms with E-state index in [1.165, 1.54) is 33.0 Å². The Balaban J connectivity index is 1.93. The first kappa shape index (κ1) is 14.1. The summed E-state index contributed by atoms with van der Waals surface area (Å²) in [6.45, 7) is 0. The molecule has 0 spiro atoms. The Kier molecular flexibility index (Phi) is 3.17. The molecule has 1 nitrogen and oxygen atoms in total. The zero-order valence-corrected chi connectivity index (χ0v) is 13.7. The van der Waals surface area contributed by atoms with Crippen molar-refractivity contribution in [3.05, 3.63) is 97.1 Å². The number of aromatic amines is 1. The van der Waals surface area contributed by atoms with Crippen molar-refractivity contribution in [3.63, 3.8) is 0 Å². The van der Waals surface area contributed by atoms with Gasteiger partial charge in [0.1, 0.15) is 0 Å². The molecular weight excluding hydrogens is 302 g/mol. The second-order valence-corrected chi connectivity index (χ2v) is 6.23. The van der Waals surface area contributed by atoms with Gasteiger partial charge in [-0.1, -0.05) is 84.9 Å². The van der Waals surface area contributed by atoms with Gasteiger partial charge in [-0.3, -0.25) is 0 Å². The van der Waals surface area contributed by atoms with Crippen LogP contribution in [0.25, 0.3) is 44.1 Å². The van der Waals surface area contributed by atoms with E-state index >= 15 is 0 Å². The number of hydrogen-bond acceptors (Lipinski definition) is 0. The first-order valence-electron chi connectivity index (χ1n) is 8.48. The summed E-state index contributed by atoms with van der Waals surface area (Å²) in [6.07, 6.45) is 0. The van der Waals surface area contributed by atoms with Crippen molar-refractivity contribution in [1.82, 2.24) is 4.98 Å². The molecule has 0 aliphatic carbocycles. The molecule has 25 heavy (non-hydrogen) atoms. The summed E-state index contributed by atoms with van der Waals surface area (Å²) in [4.78, 5) is 3.54. The van der Waals surface area contributed by atoms with Crippen LogP contribution in [-0.2, 0) is 0 Å². The Morgan fingerprint density at radius 2 is 1.20 bits per heavy atom. The largest absolute Gasteiger partial charge is 0.354 e. The van der Waals surface area contributed by atoms with E-state index < -0.39 is 0 Å². The van der Waals surface area contributed by atoms with Gasteiger partial charge in [-0.25, -0.2) is 0 Å². The molecule has 0 bridgehead atoms. The van der Waals surface area contributed by atoms with Crippen molar-refractivity contribution < 1.29 is 0 Å². The van der Waals surface area contributed by atoms with Crippen molar-refractivity contribution in [1.29, 1.82) is 0 Å². The van der Waals surface area contributed by atoms with Crippen LogP contribution in [0.5, 0.6) is 0 Å². The molecule has 1 aromatic heterocycles. The zero-order chi connectivity index (χ0) is 16.6. The van der Waals surface area contributed by atoms with E-state index in [0.717, 1.165) is 11.0 Å². The maximum atomic E-state index is 3.54. The summed E-state index contributed by atoms with van der Waals surface area (Å²) in [7, 11) is 0. The van der Waals surface area contributed by atoms with Gasteiger partial charge < -0.3 is 4.98 Å². The molecule has 0 saturated heterocycles. The van der Waals surface area contributed by atoms with E-state index in [9.17, 15) is 0 Å². The number of rotatable bonds is 2. The fraction of sp³-hybridized carbons (Fsp3) is 0. The molecule has 4 aromatic carbocycles. The topological polar surface area (TPSA) is 15.8 Å². The molecule has 5 rings (SSSR count). The lowest BCUT2D eigenvalue weighted by molar-refractivity contribution is 1.54. The minimum atomic E-state index is 1.06. The molecule has 5 aromatic rings. The number of benzene rings is 4. The van der Waals surface area contributed by atoms with Gasteiger partial charge in [0, 0.05) is 22.4 Å². The van der Waals surface area contributed by atoms with Gasteiger partial charge in [0.05, 0.1) is 5.52 Å². The summed E-state index contributed by atoms with van der Waals surface area (Å²) in [5.74, 6) is 0. The van der Waals surface area contributed by atoms with E-state index in [1.54, 1.807) is 0 Å². The molecule has 0 saturated carbocycles. The molecule has 0 aliphatic heterocycles. The molecule has 0 unspecified atom stereocenters. The van der Waals surface area contributed by atoms with E-state index in [-0.39, 0.29) is 0 Å². The highest BCUT2D eigenvalue weighted by molar-refractivity contribution is 6.19. The average molecular weight is 318 g/mol. The molecule has 0 atom stereocenters. The van der Waals surface area contributed by atoms with E-state index in [1.807, 2.05) is 6.07 Å². The third-order valence-electron chi connectivity index (χ3n) is 4.74. The van der Waals surface area contributed by atoms with Crippen molar-refractivity contribution in [2.75, 3.05) is 0 Å². The van der Waals surface area contributed by atoms with Gasteiger partial charge in [-0.05, 0) is 28.3 Å². The van der Waals surface area contributed by atoms with E-state index in [0.29, 0.717) is 0 Å². The summed E-state index contributed by atoms with van der Waals surface area (Å²) in [6, 6.07) is 35.1. The number of hydrogen-bond donors (Lipinski definition) is 1. The summed E-state index contributed by atoms with van der Waals surface area (Å²) in [5.41, 5.74) is 7.16. The Bertz CT molecular complexity index is 1070. The van der Waals surface area contributed by atoms with Gasteiger partial charge in [-0.15, -0.1) is 0 Å². The van der Waals surface area contributed by atoms with Gasteiger partial charge in [0.15, 0.2) is 0 Å². The van der Waals surface area contributed by atoms with Gasteiger partial charge in [0.2, 0.25) is 0 Å². The summed E-state index contributed by atoms with van der Waals surface area (Å²) < 4.78 is 0. The summed E-state index contributed by atoms with van der Waals surface area (Å²) in [5, 5.41) is 2.50. The fourth-order valence-electron chi connectivity index (χ4n) is 3.63. The number of H-pyrrole nitrogens is 1. The molecule has 117 valence electrons. The van der Waals surface area contributed by atoms with Gasteiger partial charge >= 0.3 is 0 Å². The minimum Gasteiger partial charge on any atom is -0.354 e. The van der Waals surface area contributed by atoms with Gasteiger partial charge in [-0.2, -0.15) is 0 Å². The lowest BCUT2D eigenvalue weighted by Crippen LogP contribution is -1.82. The predicted molar refractivity (Wildman–Crippen MR) is 106 cm³/mol. The highest BCUT2D eigenvalue weighted by Gasteiger charge is 2.14. The van der Waals surface area contributed by atoms with Crippen LogP contribution >= 0.6 is 0 Å². The number of fused-ring (bicyclic) bond motifs is 3. The van der Waals surface area contributed by atoms with Crippen LogP contribution in [0.15, 0.2) is 91.0 Å². The fourth-order valence-corrected chi connectivity index (χ4v) is 3.63. The van der Waals surface area contributed by atoms with Crippen LogP contribution in [0.4, 0.5) is 0 Å². The highest BCUT2D eigenvalue weighted by atomic mass is 14.7. The molecular formula is C24H16N. The standard InChI is InChI=1S/C24H16N/c1-3-9-17(10-4-1)19-13-7-15-21-23(19)24-20(14-8-16-22(24)25-21)18-11-5-2-6-12-18/h1-15,25H. The first-order valence-corrected chi connectivity index (χ1v) is 8.48. The Hall–Kier alpha value is -3.32. The van der Waals surface area contributed by atoms with Crippen LogP contribution in [-0.4, -0.2) is 4.98 Å². The van der Waals surface area contributed by atoms with Crippen molar-refractivity contribution in [3.8, 4) is 22.3 Å². The molecule has 1 radical (unpaired) electrons. The first-order chi connectivity index (χ1) is 12.4. The van der Waals surface area contributed by atoms with Crippen LogP contribution in [0.1, 0.15) is 0 Å². The SMILES string of the molecule is [c]1ccc(-c2ccccc2)c2c1[nH]c1cccc(-c3ccccc3)c12. The maximum absolute atomic E-state index is 3.54. The Labute approximate surface area is 146 Å². The lowest BCUT2D eigenvalue weighted by Gasteiger charge is -2.08. The second-order valence-electron chi connectivity index (χ2n) is 6.23. The normalized spacial score (nSPS) is 11.2. The monoisotopic (exact) mass is 318 g/mol. The predicted octanol–water partition coefficient (Wildman–Crippen LogP) is 6.46. The third kappa shape index (κ3) is 2.25.